The van der Waals surface area contributed by atoms with Gasteiger partial charge in [0, 0.05) is 16.6 Å². The van der Waals surface area contributed by atoms with E-state index in [2.05, 4.69) is 4.98 Å². The van der Waals surface area contributed by atoms with Crippen molar-refractivity contribution in [1.82, 2.24) is 4.98 Å². The number of Topliss-reactive ketones (excluding diaryl/α,β-unsaturated/α-hetero) is 1. The fraction of sp³-hybridized carbons (Fsp3) is 0.182. The molecule has 142 valence electrons. The third-order valence-electron chi connectivity index (χ3n) is 4.48. The molecule has 3 rings (SSSR count). The van der Waals surface area contributed by atoms with E-state index in [1.54, 1.807) is 12.1 Å². The van der Waals surface area contributed by atoms with Gasteiger partial charge in [-0.2, -0.15) is 5.26 Å². The van der Waals surface area contributed by atoms with E-state index in [0.717, 1.165) is 16.6 Å². The molecule has 0 spiro atoms. The van der Waals surface area contributed by atoms with E-state index in [1.807, 2.05) is 37.3 Å². The summed E-state index contributed by atoms with van der Waals surface area (Å²) in [6.07, 6.45) is 1.52. The number of hydrogen-bond donors (Lipinski definition) is 1. The number of nitrogens with zero attached hydrogens (tertiary/aromatic N) is 1. The summed E-state index contributed by atoms with van der Waals surface area (Å²) in [5.41, 5.74) is 2.68. The molecule has 0 bridgehead atoms. The summed E-state index contributed by atoms with van der Waals surface area (Å²) in [6, 6.07) is 12.9. The largest absolute Gasteiger partial charge is 0.493 e. The normalized spacial score (nSPS) is 11.2. The Bertz CT molecular complexity index is 1090. The lowest BCUT2D eigenvalue weighted by atomic mass is 9.99. The molecule has 1 aromatic heterocycles. The Morgan fingerprint density at radius 2 is 1.71 bits per heavy atom. The van der Waals surface area contributed by atoms with Crippen molar-refractivity contribution in [2.24, 2.45) is 0 Å². The zero-order chi connectivity index (χ0) is 20.3. The zero-order valence-electron chi connectivity index (χ0n) is 16.1. The van der Waals surface area contributed by atoms with Crippen LogP contribution in [0.4, 0.5) is 0 Å². The van der Waals surface area contributed by atoms with Gasteiger partial charge in [-0.3, -0.25) is 4.79 Å². The molecule has 0 saturated heterocycles. The maximum absolute atomic E-state index is 13.1. The smallest absolute Gasteiger partial charge is 0.205 e. The molecule has 2 aromatic carbocycles. The Labute approximate surface area is 163 Å². The number of aryl methyl sites for hydroxylation is 1. The molecule has 6 nitrogen and oxygen atoms in total. The van der Waals surface area contributed by atoms with Crippen LogP contribution < -0.4 is 14.2 Å². The Kier molecular flexibility index (Phi) is 5.37. The van der Waals surface area contributed by atoms with Crippen LogP contribution in [0.2, 0.25) is 0 Å². The van der Waals surface area contributed by atoms with Crippen LogP contribution in [-0.2, 0) is 0 Å². The fourth-order valence-electron chi connectivity index (χ4n) is 3.20. The standard InChI is InChI=1S/C22H20N2O4/c1-13-20(16-7-5-6-8-17(16)24-13)21(25)15(12-23)9-14-10-18(26-2)22(28-4)19(11-14)27-3/h5-11,24H,1-4H3/b15-9+. The van der Waals surface area contributed by atoms with Gasteiger partial charge in [-0.05, 0) is 36.8 Å². The molecule has 0 atom stereocenters. The first kappa shape index (κ1) is 19.1. The number of carbonyl (C=O) groups excluding carboxylic acids is 1. The van der Waals surface area contributed by atoms with E-state index in [-0.39, 0.29) is 11.4 Å². The summed E-state index contributed by atoms with van der Waals surface area (Å²) in [4.78, 5) is 16.3. The van der Waals surface area contributed by atoms with Crippen molar-refractivity contribution in [3.8, 4) is 23.3 Å². The van der Waals surface area contributed by atoms with Gasteiger partial charge in [0.2, 0.25) is 11.5 Å². The number of rotatable bonds is 6. The minimum absolute atomic E-state index is 0.0159. The van der Waals surface area contributed by atoms with E-state index < -0.39 is 0 Å². The molecule has 0 aliphatic carbocycles. The molecule has 0 fully saturated rings. The molecule has 6 heteroatoms. The second kappa shape index (κ2) is 7.89. The van der Waals surface area contributed by atoms with Crippen molar-refractivity contribution in [3.05, 3.63) is 58.8 Å². The predicted octanol–water partition coefficient (Wildman–Crippen LogP) is 4.29. The summed E-state index contributed by atoms with van der Waals surface area (Å²) in [5.74, 6) is 0.993. The highest BCUT2D eigenvalue weighted by atomic mass is 16.5. The Morgan fingerprint density at radius 3 is 2.29 bits per heavy atom. The predicted molar refractivity (Wildman–Crippen MR) is 107 cm³/mol. The lowest BCUT2D eigenvalue weighted by Crippen LogP contribution is -2.03. The van der Waals surface area contributed by atoms with E-state index in [9.17, 15) is 10.1 Å². The molecular weight excluding hydrogens is 356 g/mol. The van der Waals surface area contributed by atoms with Crippen LogP contribution in [-0.4, -0.2) is 32.1 Å². The van der Waals surface area contributed by atoms with Crippen LogP contribution in [0.1, 0.15) is 21.6 Å². The molecule has 3 aromatic rings. The number of methoxy groups -OCH3 is 3. The van der Waals surface area contributed by atoms with Crippen LogP contribution >= 0.6 is 0 Å². The number of benzene rings is 2. The molecule has 0 saturated carbocycles. The average Bonchev–Trinajstić information content (AvgIpc) is 3.06. The number of carbonyl (C=O) groups is 1. The van der Waals surface area contributed by atoms with Crippen LogP contribution in [0, 0.1) is 18.3 Å². The van der Waals surface area contributed by atoms with Gasteiger partial charge in [0.05, 0.1) is 26.9 Å². The monoisotopic (exact) mass is 376 g/mol. The van der Waals surface area contributed by atoms with Gasteiger partial charge in [0.1, 0.15) is 11.6 Å². The number of para-hydroxylation sites is 1. The molecule has 0 aliphatic rings. The molecule has 1 heterocycles. The first-order valence-corrected chi connectivity index (χ1v) is 8.57. The lowest BCUT2D eigenvalue weighted by Gasteiger charge is -2.13. The van der Waals surface area contributed by atoms with Crippen LogP contribution in [0.15, 0.2) is 42.0 Å². The number of nitrogens with one attached hydrogen (secondary N) is 1. The molecule has 0 radical (unpaired) electrons. The third-order valence-corrected chi connectivity index (χ3v) is 4.48. The number of H-pyrrole nitrogens is 1. The number of nitriles is 1. The number of ether oxygens (including phenoxy) is 3. The summed E-state index contributed by atoms with van der Waals surface area (Å²) in [5, 5.41) is 10.4. The van der Waals surface area contributed by atoms with Gasteiger partial charge < -0.3 is 19.2 Å². The van der Waals surface area contributed by atoms with Crippen molar-refractivity contribution in [1.29, 1.82) is 5.26 Å². The number of fused-ring (bicyclic) bond motifs is 1. The summed E-state index contributed by atoms with van der Waals surface area (Å²) < 4.78 is 16.0. The first-order valence-electron chi connectivity index (χ1n) is 8.57. The van der Waals surface area contributed by atoms with E-state index in [0.29, 0.717) is 28.4 Å². The van der Waals surface area contributed by atoms with E-state index in [1.165, 1.54) is 27.4 Å². The van der Waals surface area contributed by atoms with E-state index >= 15 is 0 Å². The first-order chi connectivity index (χ1) is 13.5. The highest BCUT2D eigenvalue weighted by molar-refractivity contribution is 6.20. The fourth-order valence-corrected chi connectivity index (χ4v) is 3.20. The average molecular weight is 376 g/mol. The topological polar surface area (TPSA) is 84.3 Å². The molecule has 0 amide bonds. The molecular formula is C22H20N2O4. The highest BCUT2D eigenvalue weighted by Crippen LogP contribution is 2.39. The quantitative estimate of drug-likeness (QED) is 0.394. The number of ketones is 1. The van der Waals surface area contributed by atoms with Gasteiger partial charge in [-0.15, -0.1) is 0 Å². The number of hydrogen-bond acceptors (Lipinski definition) is 5. The Morgan fingerprint density at radius 1 is 1.07 bits per heavy atom. The highest BCUT2D eigenvalue weighted by Gasteiger charge is 2.20. The van der Waals surface area contributed by atoms with E-state index in [4.69, 9.17) is 14.2 Å². The molecule has 0 aliphatic heterocycles. The SMILES string of the molecule is COc1cc(/C=C(\C#N)C(=O)c2c(C)[nH]c3ccccc23)cc(OC)c1OC. The van der Waals surface area contributed by atoms with Crippen LogP contribution in [0.5, 0.6) is 17.2 Å². The van der Waals surface area contributed by atoms with Crippen molar-refractivity contribution < 1.29 is 19.0 Å². The Hall–Kier alpha value is -3.72. The van der Waals surface area contributed by atoms with Gasteiger partial charge in [-0.25, -0.2) is 0 Å². The summed E-state index contributed by atoms with van der Waals surface area (Å²) >= 11 is 0. The second-order valence-electron chi connectivity index (χ2n) is 6.13. The Balaban J connectivity index is 2.11. The second-order valence-corrected chi connectivity index (χ2v) is 6.13. The molecule has 0 unspecified atom stereocenters. The van der Waals surface area contributed by atoms with Crippen molar-refractivity contribution >= 4 is 22.8 Å². The van der Waals surface area contributed by atoms with Gasteiger partial charge >= 0.3 is 0 Å². The summed E-state index contributed by atoms with van der Waals surface area (Å²) in [7, 11) is 4.53. The third kappa shape index (κ3) is 3.30. The summed E-state index contributed by atoms with van der Waals surface area (Å²) in [6.45, 7) is 1.82. The molecule has 28 heavy (non-hydrogen) atoms. The number of aromatic nitrogens is 1. The van der Waals surface area contributed by atoms with Crippen LogP contribution in [0.3, 0.4) is 0 Å². The maximum atomic E-state index is 13.1. The maximum Gasteiger partial charge on any atom is 0.205 e. The van der Waals surface area contributed by atoms with Gasteiger partial charge in [0.25, 0.3) is 0 Å². The van der Waals surface area contributed by atoms with Crippen molar-refractivity contribution in [3.63, 3.8) is 0 Å². The lowest BCUT2D eigenvalue weighted by molar-refractivity contribution is 0.104. The van der Waals surface area contributed by atoms with Gasteiger partial charge in [0.15, 0.2) is 11.5 Å². The molecule has 1 N–H and O–H groups in total. The minimum atomic E-state index is -0.341. The number of allylic oxidation sites excluding steroid dienone is 1. The number of aromatic amines is 1. The van der Waals surface area contributed by atoms with Crippen LogP contribution in [0.25, 0.3) is 17.0 Å². The minimum Gasteiger partial charge on any atom is -0.493 e. The van der Waals surface area contributed by atoms with Crippen molar-refractivity contribution in [2.75, 3.05) is 21.3 Å². The van der Waals surface area contributed by atoms with Gasteiger partial charge in [-0.1, -0.05) is 18.2 Å². The van der Waals surface area contributed by atoms with Crippen molar-refractivity contribution in [2.45, 2.75) is 6.92 Å². The zero-order valence-corrected chi connectivity index (χ0v) is 16.1.